The topological polar surface area (TPSA) is 13.1 Å². The summed E-state index contributed by atoms with van der Waals surface area (Å²) in [5.41, 5.74) is 6.64. The number of hydrogen-bond donors (Lipinski definition) is 0. The van der Waals surface area contributed by atoms with Gasteiger partial charge < -0.3 is 4.42 Å². The summed E-state index contributed by atoms with van der Waals surface area (Å²) in [4.78, 5) is 0. The minimum Gasteiger partial charge on any atom is -0.455 e. The third-order valence-electron chi connectivity index (χ3n) is 12.1. The first-order chi connectivity index (χ1) is 26.3. The van der Waals surface area contributed by atoms with Crippen LogP contribution in [0.4, 0.5) is 0 Å². The van der Waals surface area contributed by atoms with Crippen LogP contribution < -0.4 is 0 Å². The molecule has 0 bridgehead atoms. The number of rotatable bonds is 2. The van der Waals surface area contributed by atoms with Crippen LogP contribution in [0.1, 0.15) is 0 Å². The highest BCUT2D eigenvalue weighted by molar-refractivity contribution is 6.36. The second-order valence-electron chi connectivity index (χ2n) is 14.7. The lowest BCUT2D eigenvalue weighted by Gasteiger charge is -2.18. The van der Waals surface area contributed by atoms with Crippen molar-refractivity contribution >= 4 is 108 Å². The first-order valence-corrected chi connectivity index (χ1v) is 18.4. The van der Waals surface area contributed by atoms with Crippen LogP contribution in [0, 0.1) is 0 Å². The summed E-state index contributed by atoms with van der Waals surface area (Å²) in [6, 6.07) is 63.1. The summed E-state index contributed by atoms with van der Waals surface area (Å²) in [5.74, 6) is 0. The summed E-state index contributed by atoms with van der Waals surface area (Å²) < 4.78 is 7.00. The Balaban J connectivity index is 1.20. The van der Waals surface area contributed by atoms with Crippen molar-refractivity contribution in [2.24, 2.45) is 0 Å². The zero-order chi connectivity index (χ0) is 34.4. The molecule has 0 aliphatic heterocycles. The van der Waals surface area contributed by atoms with Gasteiger partial charge in [-0.3, -0.25) is 0 Å². The second kappa shape index (κ2) is 9.88. The van der Waals surface area contributed by atoms with Gasteiger partial charge in [-0.05, 0) is 121 Å². The molecule has 0 atom stereocenters. The van der Waals surface area contributed by atoms with Crippen LogP contribution in [-0.2, 0) is 0 Å². The van der Waals surface area contributed by atoms with E-state index in [-0.39, 0.29) is 0 Å². The van der Waals surface area contributed by atoms with Crippen LogP contribution >= 0.6 is 0 Å². The van der Waals surface area contributed by atoms with E-state index in [2.05, 4.69) is 170 Å². The third kappa shape index (κ3) is 3.56. The maximum absolute atomic E-state index is 7.00. The molecular formula is C52H28O. The molecule has 0 unspecified atom stereocenters. The van der Waals surface area contributed by atoms with E-state index in [4.69, 9.17) is 4.42 Å². The van der Waals surface area contributed by atoms with Crippen LogP contribution in [0.2, 0.25) is 0 Å². The normalized spacial score (nSPS) is 12.5. The van der Waals surface area contributed by atoms with Crippen molar-refractivity contribution in [1.29, 1.82) is 0 Å². The van der Waals surface area contributed by atoms with Crippen molar-refractivity contribution in [3.8, 4) is 22.3 Å². The molecule has 1 heterocycles. The first-order valence-electron chi connectivity index (χ1n) is 18.4. The fourth-order valence-electron chi connectivity index (χ4n) is 9.85. The number of hydrogen-bond acceptors (Lipinski definition) is 1. The van der Waals surface area contributed by atoms with E-state index in [0.29, 0.717) is 0 Å². The zero-order valence-corrected chi connectivity index (χ0v) is 28.6. The van der Waals surface area contributed by atoms with Gasteiger partial charge in [0, 0.05) is 16.2 Å². The minimum atomic E-state index is 0.908. The van der Waals surface area contributed by atoms with E-state index in [1.807, 2.05) is 0 Å². The van der Waals surface area contributed by atoms with Crippen LogP contribution in [0.25, 0.3) is 130 Å². The van der Waals surface area contributed by atoms with E-state index in [1.165, 1.54) is 97.5 Å². The fourth-order valence-corrected chi connectivity index (χ4v) is 9.85. The summed E-state index contributed by atoms with van der Waals surface area (Å²) in [5, 5.41) is 22.8. The van der Waals surface area contributed by atoms with Gasteiger partial charge >= 0.3 is 0 Å². The quantitative estimate of drug-likeness (QED) is 0.132. The lowest BCUT2D eigenvalue weighted by molar-refractivity contribution is 0.673. The molecule has 242 valence electrons. The summed E-state index contributed by atoms with van der Waals surface area (Å²) in [6.07, 6.45) is 0. The largest absolute Gasteiger partial charge is 0.455 e. The molecule has 0 aliphatic rings. The van der Waals surface area contributed by atoms with E-state index in [0.717, 1.165) is 32.9 Å². The van der Waals surface area contributed by atoms with Crippen molar-refractivity contribution in [2.45, 2.75) is 0 Å². The van der Waals surface area contributed by atoms with Gasteiger partial charge in [0.1, 0.15) is 11.2 Å². The van der Waals surface area contributed by atoms with Crippen molar-refractivity contribution in [1.82, 2.24) is 0 Å². The van der Waals surface area contributed by atoms with E-state index >= 15 is 0 Å². The summed E-state index contributed by atoms with van der Waals surface area (Å²) >= 11 is 0. The highest BCUT2D eigenvalue weighted by Gasteiger charge is 2.22. The average molecular weight is 669 g/mol. The molecule has 0 saturated heterocycles. The highest BCUT2D eigenvalue weighted by Crippen LogP contribution is 2.49. The monoisotopic (exact) mass is 668 g/mol. The lowest BCUT2D eigenvalue weighted by atomic mass is 9.84. The fraction of sp³-hybridized carbons (Fsp3) is 0. The minimum absolute atomic E-state index is 0.908. The zero-order valence-electron chi connectivity index (χ0n) is 28.6. The molecule has 13 rings (SSSR count). The van der Waals surface area contributed by atoms with E-state index in [9.17, 15) is 0 Å². The van der Waals surface area contributed by atoms with Crippen molar-refractivity contribution in [2.75, 3.05) is 0 Å². The summed E-state index contributed by atoms with van der Waals surface area (Å²) in [7, 11) is 0. The molecule has 1 nitrogen and oxygen atoms in total. The Kier molecular flexibility index (Phi) is 5.17. The Hall–Kier alpha value is -6.96. The first kappa shape index (κ1) is 27.7. The molecular weight excluding hydrogens is 641 g/mol. The molecule has 0 aliphatic carbocycles. The third-order valence-corrected chi connectivity index (χ3v) is 12.1. The molecule has 13 aromatic rings. The smallest absolute Gasteiger partial charge is 0.143 e. The molecule has 0 amide bonds. The lowest BCUT2D eigenvalue weighted by Crippen LogP contribution is -1.91. The van der Waals surface area contributed by atoms with Gasteiger partial charge in [0.05, 0.1) is 0 Å². The second-order valence-corrected chi connectivity index (χ2v) is 14.7. The molecule has 0 radical (unpaired) electrons. The van der Waals surface area contributed by atoms with E-state index < -0.39 is 0 Å². The average Bonchev–Trinajstić information content (AvgIpc) is 3.61. The number of benzene rings is 12. The Morgan fingerprint density at radius 1 is 0.264 bits per heavy atom. The van der Waals surface area contributed by atoms with Crippen LogP contribution in [-0.4, -0.2) is 0 Å². The van der Waals surface area contributed by atoms with Crippen molar-refractivity contribution < 1.29 is 4.42 Å². The Labute approximate surface area is 303 Å². The molecule has 0 spiro atoms. The SMILES string of the molecule is c1ccc2c(c1)ccc1c2oc2cc(-c3ccc4ccc5cccc6ccc3c4c56)cc(-c3ccc4c5ccccc5c5cccc6ccc3c4c65)c21. The van der Waals surface area contributed by atoms with Crippen LogP contribution in [0.15, 0.2) is 174 Å². The molecule has 0 N–H and O–H groups in total. The molecule has 1 heteroatoms. The van der Waals surface area contributed by atoms with Crippen molar-refractivity contribution in [3.63, 3.8) is 0 Å². The number of furan rings is 1. The van der Waals surface area contributed by atoms with E-state index in [1.54, 1.807) is 0 Å². The molecule has 0 saturated carbocycles. The van der Waals surface area contributed by atoms with Crippen LogP contribution in [0.5, 0.6) is 0 Å². The van der Waals surface area contributed by atoms with Gasteiger partial charge in [0.2, 0.25) is 0 Å². The highest BCUT2D eigenvalue weighted by atomic mass is 16.3. The standard InChI is InChI=1S/C52H28O/c1-2-11-36-29(7-1)17-24-44-50-45(39-25-26-43-38-13-4-3-12-37(38)40-14-6-10-32-20-23-42(39)51(43)49(32)40)27-34(28-46(50)53-52(36)44)35-21-18-33-16-15-30-8-5-9-31-19-22-41(35)48(33)47(30)31/h1-28H. The number of fused-ring (bicyclic) bond motifs is 8. The van der Waals surface area contributed by atoms with Gasteiger partial charge in [0.25, 0.3) is 0 Å². The maximum atomic E-state index is 7.00. The summed E-state index contributed by atoms with van der Waals surface area (Å²) in [6.45, 7) is 0. The van der Waals surface area contributed by atoms with Gasteiger partial charge in [-0.15, -0.1) is 0 Å². The van der Waals surface area contributed by atoms with Crippen molar-refractivity contribution in [3.05, 3.63) is 170 Å². The maximum Gasteiger partial charge on any atom is 0.143 e. The molecule has 12 aromatic carbocycles. The Morgan fingerprint density at radius 2 is 0.774 bits per heavy atom. The van der Waals surface area contributed by atoms with Gasteiger partial charge in [0.15, 0.2) is 0 Å². The Bertz CT molecular complexity index is 3660. The molecule has 53 heavy (non-hydrogen) atoms. The van der Waals surface area contributed by atoms with Gasteiger partial charge in [-0.25, -0.2) is 0 Å². The van der Waals surface area contributed by atoms with Gasteiger partial charge in [-0.2, -0.15) is 0 Å². The predicted molar refractivity (Wildman–Crippen MR) is 227 cm³/mol. The Morgan fingerprint density at radius 3 is 1.58 bits per heavy atom. The molecule has 0 fully saturated rings. The molecule has 1 aromatic heterocycles. The van der Waals surface area contributed by atoms with Crippen LogP contribution in [0.3, 0.4) is 0 Å². The van der Waals surface area contributed by atoms with Gasteiger partial charge in [-0.1, -0.05) is 152 Å². The predicted octanol–water partition coefficient (Wildman–Crippen LogP) is 15.0.